The van der Waals surface area contributed by atoms with Gasteiger partial charge in [-0.25, -0.2) is 9.78 Å². The maximum atomic E-state index is 13.2. The van der Waals surface area contributed by atoms with Gasteiger partial charge >= 0.3 is 6.03 Å². The highest BCUT2D eigenvalue weighted by molar-refractivity contribution is 6.30. The van der Waals surface area contributed by atoms with Crippen molar-refractivity contribution in [3.05, 3.63) is 76.9 Å². The van der Waals surface area contributed by atoms with Gasteiger partial charge in [-0.2, -0.15) is 0 Å². The number of pyridine rings is 1. The lowest BCUT2D eigenvalue weighted by atomic mass is 9.87. The van der Waals surface area contributed by atoms with Crippen molar-refractivity contribution in [2.75, 3.05) is 0 Å². The highest BCUT2D eigenvalue weighted by atomic mass is 35.5. The van der Waals surface area contributed by atoms with Gasteiger partial charge in [-0.05, 0) is 24.1 Å². The summed E-state index contributed by atoms with van der Waals surface area (Å²) in [6.45, 7) is 1.97. The number of amides is 3. The summed E-state index contributed by atoms with van der Waals surface area (Å²) in [5.74, 6) is -0.273. The highest BCUT2D eigenvalue weighted by Gasteiger charge is 2.51. The summed E-state index contributed by atoms with van der Waals surface area (Å²) in [4.78, 5) is 31.5. The van der Waals surface area contributed by atoms with Crippen molar-refractivity contribution in [2.45, 2.75) is 25.4 Å². The first-order valence-electron chi connectivity index (χ1n) is 8.79. The Labute approximate surface area is 162 Å². The summed E-state index contributed by atoms with van der Waals surface area (Å²) in [6, 6.07) is 18.4. The SMILES string of the molecule is CC[C@]1(c2ccccc2)NC(=O)N(Cc2cc3ccccc3nc2Cl)C1=O. The Morgan fingerprint density at radius 1 is 1.07 bits per heavy atom. The van der Waals surface area contributed by atoms with Gasteiger partial charge in [0, 0.05) is 10.9 Å². The molecule has 5 nitrogen and oxygen atoms in total. The molecule has 0 spiro atoms. The zero-order valence-electron chi connectivity index (χ0n) is 14.8. The number of carbonyl (C=O) groups excluding carboxylic acids is 2. The number of aromatic nitrogens is 1. The number of hydrogen-bond donors (Lipinski definition) is 1. The van der Waals surface area contributed by atoms with E-state index in [1.807, 2.05) is 67.6 Å². The molecule has 6 heteroatoms. The molecular formula is C21H18ClN3O2. The van der Waals surface area contributed by atoms with Crippen molar-refractivity contribution in [2.24, 2.45) is 0 Å². The van der Waals surface area contributed by atoms with E-state index in [1.54, 1.807) is 0 Å². The standard InChI is InChI=1S/C21H18ClN3O2/c1-2-21(16-9-4-3-5-10-16)19(26)25(20(27)24-21)13-15-12-14-8-6-7-11-17(14)23-18(15)22/h3-12H,2,13H2,1H3,(H,24,27)/t21-/m1/s1. The van der Waals surface area contributed by atoms with Crippen LogP contribution in [0.5, 0.6) is 0 Å². The summed E-state index contributed by atoms with van der Waals surface area (Å²) in [5.41, 5.74) is 1.14. The van der Waals surface area contributed by atoms with Crippen molar-refractivity contribution >= 4 is 34.4 Å². The fraction of sp³-hybridized carbons (Fsp3) is 0.190. The van der Waals surface area contributed by atoms with Gasteiger partial charge in [0.05, 0.1) is 12.1 Å². The van der Waals surface area contributed by atoms with Crippen LogP contribution in [0.4, 0.5) is 4.79 Å². The van der Waals surface area contributed by atoms with Gasteiger partial charge in [0.1, 0.15) is 10.7 Å². The zero-order valence-corrected chi connectivity index (χ0v) is 15.5. The van der Waals surface area contributed by atoms with E-state index >= 15 is 0 Å². The fourth-order valence-electron chi connectivity index (χ4n) is 3.55. The van der Waals surface area contributed by atoms with Crippen LogP contribution >= 0.6 is 11.6 Å². The molecule has 1 atom stereocenters. The van der Waals surface area contributed by atoms with E-state index in [1.165, 1.54) is 4.90 Å². The van der Waals surface area contributed by atoms with Crippen LogP contribution < -0.4 is 5.32 Å². The maximum absolute atomic E-state index is 13.2. The molecule has 0 radical (unpaired) electrons. The largest absolute Gasteiger partial charge is 0.325 e. The number of fused-ring (bicyclic) bond motifs is 1. The summed E-state index contributed by atoms with van der Waals surface area (Å²) in [6.07, 6.45) is 0.460. The smallest absolute Gasteiger partial charge is 0.319 e. The van der Waals surface area contributed by atoms with Gasteiger partial charge in [0.25, 0.3) is 5.91 Å². The van der Waals surface area contributed by atoms with Crippen molar-refractivity contribution in [3.8, 4) is 0 Å². The van der Waals surface area contributed by atoms with Crippen LogP contribution in [0, 0.1) is 0 Å². The molecule has 0 aliphatic carbocycles. The van der Waals surface area contributed by atoms with Crippen molar-refractivity contribution in [1.29, 1.82) is 0 Å². The summed E-state index contributed by atoms with van der Waals surface area (Å²) in [7, 11) is 0. The van der Waals surface area contributed by atoms with Crippen LogP contribution in [0.1, 0.15) is 24.5 Å². The Balaban J connectivity index is 1.70. The molecule has 0 unspecified atom stereocenters. The second kappa shape index (κ2) is 6.67. The average molecular weight is 380 g/mol. The van der Waals surface area contributed by atoms with E-state index in [-0.39, 0.29) is 12.5 Å². The predicted molar refractivity (Wildman–Crippen MR) is 104 cm³/mol. The number of nitrogens with zero attached hydrogens (tertiary/aromatic N) is 2. The highest BCUT2D eigenvalue weighted by Crippen LogP contribution is 2.34. The Morgan fingerprint density at radius 3 is 2.52 bits per heavy atom. The molecule has 27 heavy (non-hydrogen) atoms. The molecule has 1 fully saturated rings. The lowest BCUT2D eigenvalue weighted by Gasteiger charge is -2.25. The van der Waals surface area contributed by atoms with Gasteiger partial charge in [-0.3, -0.25) is 9.69 Å². The van der Waals surface area contributed by atoms with Gasteiger partial charge < -0.3 is 5.32 Å². The fourth-order valence-corrected chi connectivity index (χ4v) is 3.75. The van der Waals surface area contributed by atoms with E-state index in [0.29, 0.717) is 17.1 Å². The normalized spacial score (nSPS) is 19.6. The van der Waals surface area contributed by atoms with Gasteiger partial charge in [0.2, 0.25) is 0 Å². The molecule has 1 saturated heterocycles. The second-order valence-corrected chi connectivity index (χ2v) is 6.94. The quantitative estimate of drug-likeness (QED) is 0.544. The number of benzene rings is 2. The third-order valence-corrected chi connectivity index (χ3v) is 5.38. The molecule has 3 amide bonds. The molecule has 136 valence electrons. The number of imide groups is 1. The Morgan fingerprint density at radius 2 is 1.78 bits per heavy atom. The molecule has 1 N–H and O–H groups in total. The van der Waals surface area contributed by atoms with Crippen molar-refractivity contribution in [3.63, 3.8) is 0 Å². The van der Waals surface area contributed by atoms with Gasteiger partial charge in [-0.1, -0.05) is 67.1 Å². The number of carbonyl (C=O) groups is 2. The van der Waals surface area contributed by atoms with E-state index in [0.717, 1.165) is 16.5 Å². The molecule has 3 aromatic rings. The molecular weight excluding hydrogens is 362 g/mol. The Bertz CT molecular complexity index is 1040. The number of para-hydroxylation sites is 1. The van der Waals surface area contributed by atoms with Crippen LogP contribution in [0.15, 0.2) is 60.7 Å². The Hall–Kier alpha value is -2.92. The molecule has 0 bridgehead atoms. The summed E-state index contributed by atoms with van der Waals surface area (Å²) < 4.78 is 0. The number of nitrogens with one attached hydrogen (secondary N) is 1. The number of halogens is 1. The van der Waals surface area contributed by atoms with E-state index in [9.17, 15) is 9.59 Å². The third-order valence-electron chi connectivity index (χ3n) is 5.05. The Kier molecular flexibility index (Phi) is 4.32. The molecule has 4 rings (SSSR count). The zero-order chi connectivity index (χ0) is 19.0. The summed E-state index contributed by atoms with van der Waals surface area (Å²) in [5, 5.41) is 4.09. The molecule has 0 saturated carbocycles. The van der Waals surface area contributed by atoms with Crippen LogP contribution in [0.25, 0.3) is 10.9 Å². The predicted octanol–water partition coefficient (Wildman–Crippen LogP) is 4.25. The van der Waals surface area contributed by atoms with Crippen molar-refractivity contribution in [1.82, 2.24) is 15.2 Å². The minimum atomic E-state index is -1.05. The maximum Gasteiger partial charge on any atom is 0.325 e. The van der Waals surface area contributed by atoms with Crippen LogP contribution in [0.3, 0.4) is 0 Å². The van der Waals surface area contributed by atoms with E-state index in [4.69, 9.17) is 11.6 Å². The lowest BCUT2D eigenvalue weighted by molar-refractivity contribution is -0.132. The third kappa shape index (κ3) is 2.84. The van der Waals surface area contributed by atoms with Gasteiger partial charge in [0.15, 0.2) is 0 Å². The minimum absolute atomic E-state index is 0.0793. The van der Waals surface area contributed by atoms with Crippen molar-refractivity contribution < 1.29 is 9.59 Å². The first-order chi connectivity index (χ1) is 13.0. The number of hydrogen-bond acceptors (Lipinski definition) is 3. The second-order valence-electron chi connectivity index (χ2n) is 6.58. The molecule has 2 aromatic carbocycles. The molecule has 1 aliphatic rings. The van der Waals surface area contributed by atoms with Crippen LogP contribution in [-0.2, 0) is 16.9 Å². The minimum Gasteiger partial charge on any atom is -0.319 e. The first kappa shape index (κ1) is 17.5. The van der Waals surface area contributed by atoms with Crippen LogP contribution in [-0.4, -0.2) is 21.8 Å². The van der Waals surface area contributed by atoms with Gasteiger partial charge in [-0.15, -0.1) is 0 Å². The van der Waals surface area contributed by atoms with E-state index in [2.05, 4.69) is 10.3 Å². The van der Waals surface area contributed by atoms with E-state index < -0.39 is 11.6 Å². The summed E-state index contributed by atoms with van der Waals surface area (Å²) >= 11 is 6.32. The topological polar surface area (TPSA) is 62.3 Å². The molecule has 1 aromatic heterocycles. The molecule has 1 aliphatic heterocycles. The lowest BCUT2D eigenvalue weighted by Crippen LogP contribution is -2.43. The number of urea groups is 1. The van der Waals surface area contributed by atoms with Crippen LogP contribution in [0.2, 0.25) is 5.15 Å². The monoisotopic (exact) mass is 379 g/mol. The first-order valence-corrected chi connectivity index (χ1v) is 9.17. The number of rotatable bonds is 4. The molecule has 2 heterocycles. The average Bonchev–Trinajstić information content (AvgIpc) is 2.94.